The van der Waals surface area contributed by atoms with Crippen LogP contribution in [0.3, 0.4) is 0 Å². The molecule has 0 N–H and O–H groups in total. The van der Waals surface area contributed by atoms with Gasteiger partial charge in [-0.3, -0.25) is 0 Å². The Kier molecular flexibility index (Phi) is 4.06. The van der Waals surface area contributed by atoms with Crippen LogP contribution in [0.5, 0.6) is 0 Å². The molecular weight excluding hydrogens is 134 g/mol. The van der Waals surface area contributed by atoms with Crippen molar-refractivity contribution in [2.45, 2.75) is 13.8 Å². The Bertz CT molecular complexity index is 152. The lowest BCUT2D eigenvalue weighted by Gasteiger charge is -1.86. The van der Waals surface area contributed by atoms with Crippen molar-refractivity contribution in [3.8, 4) is 0 Å². The lowest BCUT2D eigenvalue weighted by molar-refractivity contribution is 1.46. The Labute approximate surface area is 60.7 Å². The number of allylic oxidation sites excluding steroid dienone is 2. The monoisotopic (exact) mass is 143 g/mol. The van der Waals surface area contributed by atoms with Gasteiger partial charge in [0, 0.05) is 5.71 Å². The molecule has 9 heavy (non-hydrogen) atoms. The molecule has 0 spiro atoms. The third-order valence-corrected chi connectivity index (χ3v) is 0.796. The topological polar surface area (TPSA) is 12.4 Å². The molecular formula is C7H10ClN. The van der Waals surface area contributed by atoms with Crippen LogP contribution in [0.15, 0.2) is 28.9 Å². The molecule has 0 aliphatic carbocycles. The molecule has 2 heteroatoms. The van der Waals surface area contributed by atoms with E-state index in [1.54, 1.807) is 12.2 Å². The molecule has 0 aromatic rings. The highest BCUT2D eigenvalue weighted by Gasteiger charge is 1.82. The number of hydrogen-bond acceptors (Lipinski definition) is 1. The van der Waals surface area contributed by atoms with Crippen LogP contribution in [-0.4, -0.2) is 5.71 Å². The molecule has 0 fully saturated rings. The summed E-state index contributed by atoms with van der Waals surface area (Å²) in [4.78, 5) is 3.94. The zero-order valence-corrected chi connectivity index (χ0v) is 6.44. The van der Waals surface area contributed by atoms with E-state index in [2.05, 4.69) is 11.6 Å². The highest BCUT2D eigenvalue weighted by atomic mass is 35.5. The van der Waals surface area contributed by atoms with Crippen molar-refractivity contribution in [1.29, 1.82) is 0 Å². The van der Waals surface area contributed by atoms with Gasteiger partial charge in [0.15, 0.2) is 0 Å². The Morgan fingerprint density at radius 2 is 2.11 bits per heavy atom. The van der Waals surface area contributed by atoms with E-state index in [4.69, 9.17) is 11.6 Å². The van der Waals surface area contributed by atoms with Crippen LogP contribution in [0.2, 0.25) is 0 Å². The maximum Gasteiger partial charge on any atom is 0.128 e. The summed E-state index contributed by atoms with van der Waals surface area (Å²) in [7, 11) is 0. The van der Waals surface area contributed by atoms with Crippen molar-refractivity contribution < 1.29 is 0 Å². The van der Waals surface area contributed by atoms with Crippen molar-refractivity contribution in [3.63, 3.8) is 0 Å². The molecule has 0 bridgehead atoms. The van der Waals surface area contributed by atoms with Crippen LogP contribution in [0.4, 0.5) is 0 Å². The quantitative estimate of drug-likeness (QED) is 0.320. The highest BCUT2D eigenvalue weighted by molar-refractivity contribution is 6.30. The standard InChI is InChI=1S/C7H10ClN/c1-4-5-7(8)9-6(2)3/h4-5H,1H2,2-3H3/b7-5-. The highest BCUT2D eigenvalue weighted by Crippen LogP contribution is 2.02. The third kappa shape index (κ3) is 5.31. The van der Waals surface area contributed by atoms with Crippen LogP contribution in [0.25, 0.3) is 0 Å². The first-order valence-corrected chi connectivity index (χ1v) is 3.04. The van der Waals surface area contributed by atoms with Crippen LogP contribution >= 0.6 is 11.6 Å². The number of aliphatic imine (C=N–C) groups is 1. The van der Waals surface area contributed by atoms with Crippen molar-refractivity contribution >= 4 is 17.3 Å². The van der Waals surface area contributed by atoms with Gasteiger partial charge in [0.25, 0.3) is 0 Å². The maximum atomic E-state index is 5.58. The Morgan fingerprint density at radius 1 is 1.56 bits per heavy atom. The lowest BCUT2D eigenvalue weighted by Crippen LogP contribution is -1.78. The van der Waals surface area contributed by atoms with Crippen molar-refractivity contribution in [2.75, 3.05) is 0 Å². The minimum absolute atomic E-state index is 0.477. The summed E-state index contributed by atoms with van der Waals surface area (Å²) < 4.78 is 0. The average Bonchev–Trinajstić information content (AvgIpc) is 1.63. The van der Waals surface area contributed by atoms with Gasteiger partial charge in [-0.05, 0) is 19.9 Å². The van der Waals surface area contributed by atoms with E-state index < -0.39 is 0 Å². The minimum Gasteiger partial charge on any atom is -0.246 e. The summed E-state index contributed by atoms with van der Waals surface area (Å²) in [6.07, 6.45) is 3.25. The second-order valence-corrected chi connectivity index (χ2v) is 2.17. The largest absolute Gasteiger partial charge is 0.246 e. The molecule has 0 radical (unpaired) electrons. The molecule has 50 valence electrons. The summed E-state index contributed by atoms with van der Waals surface area (Å²) in [5, 5.41) is 0.477. The van der Waals surface area contributed by atoms with Crippen molar-refractivity contribution in [1.82, 2.24) is 0 Å². The first-order valence-electron chi connectivity index (χ1n) is 2.67. The van der Waals surface area contributed by atoms with Gasteiger partial charge in [0.05, 0.1) is 0 Å². The van der Waals surface area contributed by atoms with Gasteiger partial charge in [-0.15, -0.1) is 0 Å². The zero-order valence-electron chi connectivity index (χ0n) is 5.69. The third-order valence-electron chi connectivity index (χ3n) is 0.586. The Hall–Kier alpha value is -0.560. The molecule has 0 saturated heterocycles. The summed E-state index contributed by atoms with van der Waals surface area (Å²) in [5.41, 5.74) is 0.943. The number of nitrogens with zero attached hydrogens (tertiary/aromatic N) is 1. The maximum absolute atomic E-state index is 5.58. The smallest absolute Gasteiger partial charge is 0.128 e. The lowest BCUT2D eigenvalue weighted by atomic mass is 10.5. The molecule has 0 saturated carbocycles. The van der Waals surface area contributed by atoms with Crippen molar-refractivity contribution in [3.05, 3.63) is 23.9 Å². The summed E-state index contributed by atoms with van der Waals surface area (Å²) >= 11 is 5.58. The molecule has 0 heterocycles. The molecule has 0 rings (SSSR count). The first kappa shape index (κ1) is 8.44. The van der Waals surface area contributed by atoms with Gasteiger partial charge in [0.1, 0.15) is 5.16 Å². The van der Waals surface area contributed by atoms with E-state index >= 15 is 0 Å². The van der Waals surface area contributed by atoms with E-state index in [1.807, 2.05) is 13.8 Å². The summed E-state index contributed by atoms with van der Waals surface area (Å²) in [6, 6.07) is 0. The van der Waals surface area contributed by atoms with E-state index in [1.165, 1.54) is 0 Å². The van der Waals surface area contributed by atoms with Gasteiger partial charge >= 0.3 is 0 Å². The van der Waals surface area contributed by atoms with Crippen LogP contribution in [-0.2, 0) is 0 Å². The normalized spacial score (nSPS) is 10.8. The molecule has 0 aromatic carbocycles. The fourth-order valence-corrected chi connectivity index (χ4v) is 0.606. The van der Waals surface area contributed by atoms with E-state index in [9.17, 15) is 0 Å². The molecule has 0 amide bonds. The Balaban J connectivity index is 4.05. The van der Waals surface area contributed by atoms with Gasteiger partial charge < -0.3 is 0 Å². The number of halogens is 1. The molecule has 0 atom stereocenters. The second kappa shape index (κ2) is 4.33. The molecule has 1 nitrogen and oxygen atoms in total. The Morgan fingerprint density at radius 3 is 2.44 bits per heavy atom. The van der Waals surface area contributed by atoms with E-state index in [0.717, 1.165) is 5.71 Å². The van der Waals surface area contributed by atoms with Gasteiger partial charge in [-0.25, -0.2) is 4.99 Å². The predicted molar refractivity (Wildman–Crippen MR) is 42.9 cm³/mol. The van der Waals surface area contributed by atoms with E-state index in [-0.39, 0.29) is 0 Å². The van der Waals surface area contributed by atoms with Crippen LogP contribution in [0, 0.1) is 0 Å². The molecule has 0 unspecified atom stereocenters. The zero-order chi connectivity index (χ0) is 7.28. The fraction of sp³-hybridized carbons (Fsp3) is 0.286. The van der Waals surface area contributed by atoms with Crippen LogP contribution < -0.4 is 0 Å². The SMILES string of the molecule is C=C/C=C(/Cl)N=C(C)C. The summed E-state index contributed by atoms with van der Waals surface area (Å²) in [5.74, 6) is 0. The predicted octanol–water partition coefficient (Wildman–Crippen LogP) is 2.73. The number of rotatable bonds is 2. The molecule has 0 aliphatic heterocycles. The second-order valence-electron chi connectivity index (χ2n) is 1.78. The molecule has 0 aromatic heterocycles. The van der Waals surface area contributed by atoms with Gasteiger partial charge in [-0.1, -0.05) is 24.3 Å². The minimum atomic E-state index is 0.477. The van der Waals surface area contributed by atoms with Crippen molar-refractivity contribution in [2.24, 2.45) is 4.99 Å². The van der Waals surface area contributed by atoms with Crippen LogP contribution in [0.1, 0.15) is 13.8 Å². The van der Waals surface area contributed by atoms with Gasteiger partial charge in [0.2, 0.25) is 0 Å². The fourth-order valence-electron chi connectivity index (χ4n) is 0.348. The first-order chi connectivity index (χ1) is 4.16. The summed E-state index contributed by atoms with van der Waals surface area (Å²) in [6.45, 7) is 7.25. The number of hydrogen-bond donors (Lipinski definition) is 0. The average molecular weight is 144 g/mol. The van der Waals surface area contributed by atoms with Gasteiger partial charge in [-0.2, -0.15) is 0 Å². The van der Waals surface area contributed by atoms with E-state index in [0.29, 0.717) is 5.16 Å². The molecule has 0 aliphatic rings.